The van der Waals surface area contributed by atoms with E-state index < -0.39 is 11.6 Å². The molecule has 1 aromatic carbocycles. The highest BCUT2D eigenvalue weighted by molar-refractivity contribution is 5.99. The van der Waals surface area contributed by atoms with Crippen LogP contribution in [0.5, 0.6) is 0 Å². The number of pyridine rings is 1. The molecule has 31 heavy (non-hydrogen) atoms. The Balaban J connectivity index is 1.67. The van der Waals surface area contributed by atoms with Crippen LogP contribution in [0, 0.1) is 28.9 Å². The van der Waals surface area contributed by atoms with E-state index in [4.69, 9.17) is 0 Å². The van der Waals surface area contributed by atoms with Gasteiger partial charge in [-0.1, -0.05) is 0 Å². The summed E-state index contributed by atoms with van der Waals surface area (Å²) in [4.78, 5) is 27.7. The van der Waals surface area contributed by atoms with Gasteiger partial charge < -0.3 is 4.90 Å². The van der Waals surface area contributed by atoms with E-state index >= 15 is 0 Å². The lowest BCUT2D eigenvalue weighted by molar-refractivity contribution is 0.0581. The van der Waals surface area contributed by atoms with Gasteiger partial charge in [0.15, 0.2) is 0 Å². The topological polar surface area (TPSA) is 82.8 Å². The minimum Gasteiger partial charge on any atom is -0.335 e. The molecule has 0 bridgehead atoms. The Morgan fingerprint density at radius 2 is 1.97 bits per heavy atom. The van der Waals surface area contributed by atoms with Crippen molar-refractivity contribution in [2.45, 2.75) is 25.3 Å². The molecule has 0 N–H and O–H groups in total. The lowest BCUT2D eigenvalue weighted by Crippen LogP contribution is -2.47. The van der Waals surface area contributed by atoms with Crippen molar-refractivity contribution in [3.05, 3.63) is 77.9 Å². The second kappa shape index (κ2) is 8.96. The maximum Gasteiger partial charge on any atom is 0.256 e. The molecular weight excluding hydrogens is 400 g/mol. The Kier molecular flexibility index (Phi) is 5.94. The smallest absolute Gasteiger partial charge is 0.256 e. The van der Waals surface area contributed by atoms with Crippen molar-refractivity contribution in [2.24, 2.45) is 5.92 Å². The molecule has 1 aliphatic rings. The third-order valence-electron chi connectivity index (χ3n) is 5.42. The molecule has 0 saturated carbocycles. The summed E-state index contributed by atoms with van der Waals surface area (Å²) < 4.78 is 27.4. The van der Waals surface area contributed by atoms with Crippen LogP contribution in [0.1, 0.15) is 28.8 Å². The molecule has 2 aromatic heterocycles. The summed E-state index contributed by atoms with van der Waals surface area (Å²) in [6.45, 7) is 0.373. The molecule has 0 radical (unpaired) electrons. The number of nitriles is 1. The van der Waals surface area contributed by atoms with Gasteiger partial charge in [-0.25, -0.2) is 18.7 Å². The van der Waals surface area contributed by atoms with Crippen LogP contribution in [0.4, 0.5) is 8.78 Å². The minimum absolute atomic E-state index is 0.220. The van der Waals surface area contributed by atoms with Crippen LogP contribution in [0.3, 0.4) is 0 Å². The number of nitrogens with zero attached hydrogens (tertiary/aromatic N) is 5. The molecule has 156 valence electrons. The molecular formula is C23H19F2N5O. The molecule has 1 aliphatic heterocycles. The largest absolute Gasteiger partial charge is 0.335 e. The van der Waals surface area contributed by atoms with Gasteiger partial charge in [-0.15, -0.1) is 0 Å². The summed E-state index contributed by atoms with van der Waals surface area (Å²) in [7, 11) is 0. The van der Waals surface area contributed by atoms with Crippen molar-refractivity contribution >= 4 is 5.91 Å². The number of benzene rings is 1. The average Bonchev–Trinajstić information content (AvgIpc) is 2.78. The van der Waals surface area contributed by atoms with Crippen molar-refractivity contribution in [2.75, 3.05) is 6.54 Å². The number of aromatic nitrogens is 3. The highest BCUT2D eigenvalue weighted by Crippen LogP contribution is 2.29. The van der Waals surface area contributed by atoms with E-state index in [9.17, 15) is 18.8 Å². The van der Waals surface area contributed by atoms with Gasteiger partial charge in [0, 0.05) is 37.0 Å². The first-order chi connectivity index (χ1) is 15.0. The number of hydrogen-bond acceptors (Lipinski definition) is 5. The maximum atomic E-state index is 13.7. The van der Waals surface area contributed by atoms with Gasteiger partial charge in [-0.05, 0) is 55.2 Å². The lowest BCUT2D eigenvalue weighted by Gasteiger charge is -2.38. The Morgan fingerprint density at radius 1 is 1.16 bits per heavy atom. The first kappa shape index (κ1) is 20.5. The van der Waals surface area contributed by atoms with E-state index in [1.54, 1.807) is 35.5 Å². The summed E-state index contributed by atoms with van der Waals surface area (Å²) in [5, 5.41) is 9.40. The van der Waals surface area contributed by atoms with Gasteiger partial charge in [0.1, 0.15) is 23.7 Å². The fourth-order valence-corrected chi connectivity index (χ4v) is 4.00. The molecule has 2 unspecified atom stereocenters. The zero-order chi connectivity index (χ0) is 21.8. The minimum atomic E-state index is -0.668. The number of carbonyl (C=O) groups is 1. The van der Waals surface area contributed by atoms with Crippen LogP contribution < -0.4 is 0 Å². The Labute approximate surface area is 178 Å². The molecule has 2 atom stereocenters. The lowest BCUT2D eigenvalue weighted by atomic mass is 9.87. The first-order valence-electron chi connectivity index (χ1n) is 9.92. The fraction of sp³-hybridized carbons (Fsp3) is 0.261. The number of piperidine rings is 1. The number of amides is 1. The van der Waals surface area contributed by atoms with E-state index in [0.29, 0.717) is 41.9 Å². The summed E-state index contributed by atoms with van der Waals surface area (Å²) in [5.74, 6) is -1.81. The molecule has 0 spiro atoms. The quantitative estimate of drug-likeness (QED) is 0.642. The van der Waals surface area contributed by atoms with Crippen LogP contribution in [-0.2, 0) is 6.42 Å². The van der Waals surface area contributed by atoms with Crippen molar-refractivity contribution in [3.63, 3.8) is 0 Å². The van der Waals surface area contributed by atoms with Crippen molar-refractivity contribution in [1.82, 2.24) is 19.9 Å². The molecule has 4 rings (SSSR count). The van der Waals surface area contributed by atoms with Crippen molar-refractivity contribution in [3.8, 4) is 17.5 Å². The van der Waals surface area contributed by atoms with Gasteiger partial charge in [0.2, 0.25) is 0 Å². The summed E-state index contributed by atoms with van der Waals surface area (Å²) >= 11 is 0. The average molecular weight is 419 g/mol. The maximum absolute atomic E-state index is 13.7. The normalized spacial score (nSPS) is 18.4. The van der Waals surface area contributed by atoms with E-state index in [1.165, 1.54) is 18.5 Å². The third-order valence-corrected chi connectivity index (χ3v) is 5.42. The molecule has 3 aromatic rings. The second-order valence-electron chi connectivity index (χ2n) is 7.48. The summed E-state index contributed by atoms with van der Waals surface area (Å²) in [6.07, 6.45) is 5.77. The summed E-state index contributed by atoms with van der Waals surface area (Å²) in [6, 6.07) is 10.3. The molecule has 1 amide bonds. The predicted molar refractivity (Wildman–Crippen MR) is 108 cm³/mol. The van der Waals surface area contributed by atoms with Crippen LogP contribution >= 0.6 is 0 Å². The SMILES string of the molecule is N#CC1CCN(C(=O)c2cccnc2-c2ccncn2)C(Cc2cc(F)cc(F)c2)C1. The summed E-state index contributed by atoms with van der Waals surface area (Å²) in [5.41, 5.74) is 1.79. The van der Waals surface area contributed by atoms with Crippen LogP contribution in [0.15, 0.2) is 55.1 Å². The molecule has 1 saturated heterocycles. The molecule has 0 aliphatic carbocycles. The third kappa shape index (κ3) is 4.56. The predicted octanol–water partition coefficient (Wildman–Crippen LogP) is 3.80. The Morgan fingerprint density at radius 3 is 2.68 bits per heavy atom. The van der Waals surface area contributed by atoms with E-state index in [0.717, 1.165) is 6.07 Å². The zero-order valence-electron chi connectivity index (χ0n) is 16.6. The highest BCUT2D eigenvalue weighted by Gasteiger charge is 2.33. The van der Waals surface area contributed by atoms with Gasteiger partial charge in [-0.2, -0.15) is 5.26 Å². The van der Waals surface area contributed by atoms with Gasteiger partial charge in [0.05, 0.1) is 17.3 Å². The van der Waals surface area contributed by atoms with E-state index in [2.05, 4.69) is 21.0 Å². The van der Waals surface area contributed by atoms with Crippen molar-refractivity contribution in [1.29, 1.82) is 5.26 Å². The van der Waals surface area contributed by atoms with Crippen LogP contribution in [0.2, 0.25) is 0 Å². The highest BCUT2D eigenvalue weighted by atomic mass is 19.1. The van der Waals surface area contributed by atoms with Gasteiger partial charge in [-0.3, -0.25) is 9.78 Å². The Bertz CT molecular complexity index is 1110. The molecule has 6 nitrogen and oxygen atoms in total. The fourth-order valence-electron chi connectivity index (χ4n) is 4.00. The molecule has 3 heterocycles. The van der Waals surface area contributed by atoms with E-state index in [1.807, 2.05) is 0 Å². The van der Waals surface area contributed by atoms with Crippen LogP contribution in [0.25, 0.3) is 11.4 Å². The molecule has 1 fully saturated rings. The molecule has 8 heteroatoms. The van der Waals surface area contributed by atoms with Crippen molar-refractivity contribution < 1.29 is 13.6 Å². The van der Waals surface area contributed by atoms with Gasteiger partial charge >= 0.3 is 0 Å². The number of halogens is 2. The van der Waals surface area contributed by atoms with E-state index in [-0.39, 0.29) is 24.3 Å². The second-order valence-corrected chi connectivity index (χ2v) is 7.48. The van der Waals surface area contributed by atoms with Gasteiger partial charge in [0.25, 0.3) is 5.91 Å². The van der Waals surface area contributed by atoms with Crippen LogP contribution in [-0.4, -0.2) is 38.3 Å². The number of hydrogen-bond donors (Lipinski definition) is 0. The first-order valence-corrected chi connectivity index (χ1v) is 9.92. The number of likely N-dealkylation sites (tertiary alicyclic amines) is 1. The monoisotopic (exact) mass is 419 g/mol. The number of carbonyl (C=O) groups excluding carboxylic acids is 1. The standard InChI is InChI=1S/C23H19F2N5O/c24-17-8-16(9-18(25)12-17)11-19-10-15(13-26)4-7-30(19)23(31)20-2-1-5-28-22(20)21-3-6-27-14-29-21/h1-3,5-6,8-9,12,14-15,19H,4,7,10-11H2. The number of rotatable bonds is 4. The Hall–Kier alpha value is -3.73. The zero-order valence-corrected chi connectivity index (χ0v) is 16.6.